The van der Waals surface area contributed by atoms with Crippen LogP contribution in [0.3, 0.4) is 0 Å². The summed E-state index contributed by atoms with van der Waals surface area (Å²) in [5.74, 6) is 0.140. The van der Waals surface area contributed by atoms with Crippen molar-refractivity contribution >= 4 is 27.3 Å². The zero-order valence-electron chi connectivity index (χ0n) is 18.8. The molecule has 3 rings (SSSR count). The van der Waals surface area contributed by atoms with E-state index in [1.807, 2.05) is 51.7 Å². The first-order chi connectivity index (χ1) is 14.1. The van der Waals surface area contributed by atoms with E-state index in [1.165, 1.54) is 0 Å². The quantitative estimate of drug-likeness (QED) is 0.695. The molecule has 1 aliphatic heterocycles. The van der Waals surface area contributed by atoms with Crippen LogP contribution in [0, 0.1) is 34.6 Å². The van der Waals surface area contributed by atoms with Gasteiger partial charge in [0.15, 0.2) is 0 Å². The van der Waals surface area contributed by atoms with Crippen molar-refractivity contribution in [1.82, 2.24) is 0 Å². The lowest BCUT2D eigenvalue weighted by Gasteiger charge is -2.30. The third-order valence-electron chi connectivity index (χ3n) is 6.47. The molecule has 0 fully saturated rings. The summed E-state index contributed by atoms with van der Waals surface area (Å²) in [4.78, 5) is 14.5. The molecule has 2 aromatic rings. The van der Waals surface area contributed by atoms with Crippen LogP contribution >= 0.6 is 0 Å². The first-order valence-electron chi connectivity index (χ1n) is 10.6. The number of nitrogens with one attached hydrogen (secondary N) is 1. The Bertz CT molecular complexity index is 1070. The normalized spacial score (nSPS) is 14.1. The average Bonchev–Trinajstić information content (AvgIpc) is 2.69. The van der Waals surface area contributed by atoms with Crippen molar-refractivity contribution in [2.45, 2.75) is 72.1 Å². The molecule has 1 N–H and O–H groups in total. The average molecular weight is 429 g/mol. The number of anilines is 2. The predicted octanol–water partition coefficient (Wildman–Crippen LogP) is 5.11. The first-order valence-corrected chi connectivity index (χ1v) is 12.1. The van der Waals surface area contributed by atoms with E-state index in [4.69, 9.17) is 0 Å². The van der Waals surface area contributed by atoms with Crippen LogP contribution in [0.2, 0.25) is 0 Å². The summed E-state index contributed by atoms with van der Waals surface area (Å²) in [5.41, 5.74) is 7.17. The molecule has 0 bridgehead atoms. The van der Waals surface area contributed by atoms with Gasteiger partial charge in [0.2, 0.25) is 5.91 Å². The minimum Gasteiger partial charge on any atom is -0.312 e. The van der Waals surface area contributed by atoms with Gasteiger partial charge in [-0.3, -0.25) is 9.52 Å². The third-order valence-corrected chi connectivity index (χ3v) is 8.12. The van der Waals surface area contributed by atoms with Gasteiger partial charge in [0.25, 0.3) is 10.0 Å². The van der Waals surface area contributed by atoms with Crippen LogP contribution < -0.4 is 9.62 Å². The second-order valence-electron chi connectivity index (χ2n) is 8.30. The Hall–Kier alpha value is -2.34. The molecular weight excluding hydrogens is 396 g/mol. The van der Waals surface area contributed by atoms with E-state index in [0.29, 0.717) is 30.0 Å². The summed E-state index contributed by atoms with van der Waals surface area (Å²) < 4.78 is 29.4. The molecule has 5 nitrogen and oxygen atoms in total. The van der Waals surface area contributed by atoms with Crippen LogP contribution in [0.1, 0.15) is 59.6 Å². The van der Waals surface area contributed by atoms with Crippen LogP contribution in [0.15, 0.2) is 23.1 Å². The van der Waals surface area contributed by atoms with Crippen molar-refractivity contribution in [1.29, 1.82) is 0 Å². The Morgan fingerprint density at radius 1 is 0.933 bits per heavy atom. The smallest absolute Gasteiger partial charge is 0.262 e. The lowest BCUT2D eigenvalue weighted by molar-refractivity contribution is -0.118. The van der Waals surface area contributed by atoms with Gasteiger partial charge in [-0.2, -0.15) is 0 Å². The van der Waals surface area contributed by atoms with Crippen molar-refractivity contribution in [3.63, 3.8) is 0 Å². The zero-order valence-corrected chi connectivity index (χ0v) is 19.7. The molecular formula is C24H32N2O3S. The molecule has 2 aromatic carbocycles. The molecule has 0 atom stereocenters. The van der Waals surface area contributed by atoms with Gasteiger partial charge in [-0.1, -0.05) is 13.3 Å². The van der Waals surface area contributed by atoms with Crippen LogP contribution in [-0.2, 0) is 21.2 Å². The van der Waals surface area contributed by atoms with E-state index in [9.17, 15) is 13.2 Å². The number of sulfonamides is 1. The molecule has 162 valence electrons. The summed E-state index contributed by atoms with van der Waals surface area (Å²) in [6.07, 6.45) is 3.06. The third kappa shape index (κ3) is 3.97. The Morgan fingerprint density at radius 3 is 2.13 bits per heavy atom. The molecule has 1 heterocycles. The fourth-order valence-corrected chi connectivity index (χ4v) is 5.91. The summed E-state index contributed by atoms with van der Waals surface area (Å²) in [6, 6.07) is 5.49. The Morgan fingerprint density at radius 2 is 1.53 bits per heavy atom. The Kier molecular flexibility index (Phi) is 6.27. The number of carbonyl (C=O) groups is 1. The maximum absolute atomic E-state index is 13.3. The van der Waals surface area contributed by atoms with E-state index >= 15 is 0 Å². The SMILES string of the molecule is CCCCN1C(=O)CCc2cc(NS(=O)(=O)c3c(C)c(C)c(C)c(C)c3C)ccc21. The molecule has 30 heavy (non-hydrogen) atoms. The monoisotopic (exact) mass is 428 g/mol. The second-order valence-corrected chi connectivity index (χ2v) is 9.92. The minimum atomic E-state index is -3.73. The summed E-state index contributed by atoms with van der Waals surface area (Å²) in [7, 11) is -3.73. The molecule has 0 spiro atoms. The molecule has 1 aliphatic rings. The van der Waals surface area contributed by atoms with E-state index < -0.39 is 10.0 Å². The fraction of sp³-hybridized carbons (Fsp3) is 0.458. The Labute approximate surface area is 180 Å². The summed E-state index contributed by atoms with van der Waals surface area (Å²) in [5, 5.41) is 0. The van der Waals surface area contributed by atoms with Crippen molar-refractivity contribution in [3.8, 4) is 0 Å². The highest BCUT2D eigenvalue weighted by Crippen LogP contribution is 2.33. The number of amides is 1. The van der Waals surface area contributed by atoms with E-state index in [-0.39, 0.29) is 5.91 Å². The number of hydrogen-bond acceptors (Lipinski definition) is 3. The summed E-state index contributed by atoms with van der Waals surface area (Å²) >= 11 is 0. The first kappa shape index (κ1) is 22.3. The van der Waals surface area contributed by atoms with Gasteiger partial charge in [0.1, 0.15) is 0 Å². The standard InChI is InChI=1S/C24H32N2O3S/c1-7-8-13-26-22-11-10-21(14-20(22)9-12-23(26)27)25-30(28,29)24-18(5)16(3)15(2)17(4)19(24)6/h10-11,14,25H,7-9,12-13H2,1-6H3. The maximum atomic E-state index is 13.3. The number of hydrogen-bond donors (Lipinski definition) is 1. The van der Waals surface area contributed by atoms with Gasteiger partial charge in [0.05, 0.1) is 4.90 Å². The topological polar surface area (TPSA) is 66.5 Å². The maximum Gasteiger partial charge on any atom is 0.262 e. The number of unbranched alkanes of at least 4 members (excludes halogenated alkanes) is 1. The van der Waals surface area contributed by atoms with Gasteiger partial charge in [-0.15, -0.1) is 0 Å². The lowest BCUT2D eigenvalue weighted by atomic mass is 9.95. The molecule has 0 saturated heterocycles. The fourth-order valence-electron chi connectivity index (χ4n) is 4.26. The predicted molar refractivity (Wildman–Crippen MR) is 123 cm³/mol. The van der Waals surface area contributed by atoms with Crippen molar-refractivity contribution < 1.29 is 13.2 Å². The highest BCUT2D eigenvalue weighted by Gasteiger charge is 2.26. The molecule has 0 aliphatic carbocycles. The largest absolute Gasteiger partial charge is 0.312 e. The van der Waals surface area contributed by atoms with Gasteiger partial charge in [-0.25, -0.2) is 8.42 Å². The van der Waals surface area contributed by atoms with Gasteiger partial charge in [0, 0.05) is 24.3 Å². The highest BCUT2D eigenvalue weighted by molar-refractivity contribution is 7.92. The zero-order chi connectivity index (χ0) is 22.2. The van der Waals surface area contributed by atoms with Crippen molar-refractivity contribution in [2.24, 2.45) is 0 Å². The number of carbonyl (C=O) groups excluding carboxylic acids is 1. The van der Waals surface area contributed by atoms with Crippen LogP contribution in [0.5, 0.6) is 0 Å². The highest BCUT2D eigenvalue weighted by atomic mass is 32.2. The van der Waals surface area contributed by atoms with E-state index in [2.05, 4.69) is 11.6 Å². The molecule has 0 aromatic heterocycles. The van der Waals surface area contributed by atoms with Crippen LogP contribution in [0.4, 0.5) is 11.4 Å². The number of rotatable bonds is 6. The van der Waals surface area contributed by atoms with Crippen LogP contribution in [0.25, 0.3) is 0 Å². The lowest BCUT2D eigenvalue weighted by Crippen LogP contribution is -2.35. The van der Waals surface area contributed by atoms with Crippen molar-refractivity contribution in [3.05, 3.63) is 51.6 Å². The number of nitrogens with zero attached hydrogens (tertiary/aromatic N) is 1. The van der Waals surface area contributed by atoms with E-state index in [0.717, 1.165) is 51.9 Å². The number of benzene rings is 2. The second kappa shape index (κ2) is 8.42. The van der Waals surface area contributed by atoms with E-state index in [1.54, 1.807) is 6.07 Å². The Balaban J connectivity index is 1.97. The molecule has 6 heteroatoms. The molecule has 1 amide bonds. The molecule has 0 saturated carbocycles. The van der Waals surface area contributed by atoms with Gasteiger partial charge < -0.3 is 4.90 Å². The molecule has 0 radical (unpaired) electrons. The van der Waals surface area contributed by atoms with Gasteiger partial charge >= 0.3 is 0 Å². The molecule has 0 unspecified atom stereocenters. The van der Waals surface area contributed by atoms with Gasteiger partial charge in [-0.05, 0) is 99.0 Å². The summed E-state index contributed by atoms with van der Waals surface area (Å²) in [6.45, 7) is 12.5. The number of aryl methyl sites for hydroxylation is 1. The van der Waals surface area contributed by atoms with Crippen LogP contribution in [-0.4, -0.2) is 20.9 Å². The minimum absolute atomic E-state index is 0.140. The number of fused-ring (bicyclic) bond motifs is 1. The van der Waals surface area contributed by atoms with Crippen molar-refractivity contribution in [2.75, 3.05) is 16.2 Å².